The van der Waals surface area contributed by atoms with Crippen LogP contribution in [-0.2, 0) is 27.2 Å². The highest BCUT2D eigenvalue weighted by Crippen LogP contribution is 2.39. The molecule has 1 aliphatic rings. The molecule has 156 valence electrons. The lowest BCUT2D eigenvalue weighted by Gasteiger charge is -2.35. The SMILES string of the molecule is CCCN(CCOC(C)C)[C@H]1CCc2c(ccc(OC(C)=O)c2OC(C)=O)C1. The van der Waals surface area contributed by atoms with Crippen molar-refractivity contribution in [1.29, 1.82) is 0 Å². The lowest BCUT2D eigenvalue weighted by molar-refractivity contribution is -0.134. The Kier molecular flexibility index (Phi) is 8.45. The van der Waals surface area contributed by atoms with Crippen LogP contribution in [0, 0.1) is 0 Å². The molecule has 0 amide bonds. The van der Waals surface area contributed by atoms with Gasteiger partial charge in [0.2, 0.25) is 0 Å². The largest absolute Gasteiger partial charge is 0.423 e. The Morgan fingerprint density at radius 3 is 2.46 bits per heavy atom. The molecule has 0 saturated carbocycles. The van der Waals surface area contributed by atoms with Crippen LogP contribution < -0.4 is 9.47 Å². The summed E-state index contributed by atoms with van der Waals surface area (Å²) in [5.41, 5.74) is 2.12. The van der Waals surface area contributed by atoms with Crippen LogP contribution in [0.1, 0.15) is 58.6 Å². The Morgan fingerprint density at radius 1 is 1.14 bits per heavy atom. The van der Waals surface area contributed by atoms with Crippen molar-refractivity contribution < 1.29 is 23.8 Å². The van der Waals surface area contributed by atoms with Crippen molar-refractivity contribution in [2.75, 3.05) is 19.7 Å². The number of benzene rings is 1. The quantitative estimate of drug-likeness (QED) is 0.474. The third kappa shape index (κ3) is 6.31. The molecule has 6 heteroatoms. The van der Waals surface area contributed by atoms with Crippen LogP contribution in [0.4, 0.5) is 0 Å². The first kappa shape index (κ1) is 22.4. The summed E-state index contributed by atoms with van der Waals surface area (Å²) in [5, 5.41) is 0. The fourth-order valence-electron chi connectivity index (χ4n) is 3.75. The molecule has 1 atom stereocenters. The Bertz CT molecular complexity index is 686. The molecule has 0 saturated heterocycles. The number of hydrogen-bond donors (Lipinski definition) is 0. The fraction of sp³-hybridized carbons (Fsp3) is 0.636. The summed E-state index contributed by atoms with van der Waals surface area (Å²) in [5.74, 6) is -0.136. The van der Waals surface area contributed by atoms with E-state index in [0.717, 1.165) is 56.5 Å². The van der Waals surface area contributed by atoms with E-state index in [1.807, 2.05) is 6.07 Å². The van der Waals surface area contributed by atoms with Crippen LogP contribution in [0.5, 0.6) is 11.5 Å². The molecule has 28 heavy (non-hydrogen) atoms. The molecule has 0 heterocycles. The molecule has 0 unspecified atom stereocenters. The van der Waals surface area contributed by atoms with Crippen LogP contribution in [0.2, 0.25) is 0 Å². The summed E-state index contributed by atoms with van der Waals surface area (Å²) in [4.78, 5) is 25.5. The predicted octanol–water partition coefficient (Wildman–Crippen LogP) is 3.53. The van der Waals surface area contributed by atoms with Gasteiger partial charge in [-0.1, -0.05) is 13.0 Å². The van der Waals surface area contributed by atoms with Crippen molar-refractivity contribution in [3.8, 4) is 11.5 Å². The zero-order valence-electron chi connectivity index (χ0n) is 17.7. The van der Waals surface area contributed by atoms with Gasteiger partial charge in [-0.25, -0.2) is 0 Å². The van der Waals surface area contributed by atoms with Gasteiger partial charge in [0.1, 0.15) is 0 Å². The number of carbonyl (C=O) groups is 2. The minimum Gasteiger partial charge on any atom is -0.423 e. The number of esters is 2. The minimum absolute atomic E-state index is 0.238. The summed E-state index contributed by atoms with van der Waals surface area (Å²) in [6, 6.07) is 4.14. The topological polar surface area (TPSA) is 65.1 Å². The number of hydrogen-bond acceptors (Lipinski definition) is 6. The molecule has 1 aromatic rings. The summed E-state index contributed by atoms with van der Waals surface area (Å²) < 4.78 is 16.4. The average Bonchev–Trinajstić information content (AvgIpc) is 2.61. The third-order valence-electron chi connectivity index (χ3n) is 4.86. The molecule has 6 nitrogen and oxygen atoms in total. The summed E-state index contributed by atoms with van der Waals surface area (Å²) >= 11 is 0. The smallest absolute Gasteiger partial charge is 0.308 e. The molecular weight excluding hydrogens is 358 g/mol. The van der Waals surface area contributed by atoms with Crippen LogP contribution in [0.3, 0.4) is 0 Å². The van der Waals surface area contributed by atoms with E-state index in [2.05, 4.69) is 25.7 Å². The van der Waals surface area contributed by atoms with Gasteiger partial charge in [0.15, 0.2) is 11.5 Å². The van der Waals surface area contributed by atoms with Crippen molar-refractivity contribution in [3.05, 3.63) is 23.3 Å². The van der Waals surface area contributed by atoms with Gasteiger partial charge in [-0.2, -0.15) is 0 Å². The zero-order chi connectivity index (χ0) is 20.7. The van der Waals surface area contributed by atoms with Gasteiger partial charge in [0.25, 0.3) is 0 Å². The second-order valence-electron chi connectivity index (χ2n) is 7.57. The lowest BCUT2D eigenvalue weighted by Crippen LogP contribution is -2.42. The Morgan fingerprint density at radius 2 is 1.86 bits per heavy atom. The molecule has 0 spiro atoms. The third-order valence-corrected chi connectivity index (χ3v) is 4.86. The van der Waals surface area contributed by atoms with E-state index in [0.29, 0.717) is 17.5 Å². The molecule has 0 bridgehead atoms. The molecule has 0 fully saturated rings. The standard InChI is InChI=1S/C22H33NO5/c1-6-11-23(12-13-26-15(2)3)19-8-9-20-18(14-19)7-10-21(27-16(4)24)22(20)28-17(5)25/h7,10,15,19H,6,8-9,11-14H2,1-5H3/t19-/m0/s1. The molecule has 0 aliphatic heterocycles. The zero-order valence-corrected chi connectivity index (χ0v) is 17.7. The maximum absolute atomic E-state index is 11.6. The minimum atomic E-state index is -0.429. The highest BCUT2D eigenvalue weighted by Gasteiger charge is 2.28. The number of fused-ring (bicyclic) bond motifs is 1. The number of carbonyl (C=O) groups excluding carboxylic acids is 2. The normalized spacial score (nSPS) is 16.2. The summed E-state index contributed by atoms with van der Waals surface area (Å²) in [6.07, 6.45) is 3.96. The van der Waals surface area contributed by atoms with Crippen molar-refractivity contribution in [1.82, 2.24) is 4.90 Å². The highest BCUT2D eigenvalue weighted by molar-refractivity contribution is 5.75. The Balaban J connectivity index is 2.20. The maximum Gasteiger partial charge on any atom is 0.308 e. The van der Waals surface area contributed by atoms with Gasteiger partial charge in [-0.05, 0) is 57.7 Å². The number of nitrogens with zero attached hydrogens (tertiary/aromatic N) is 1. The first-order valence-electron chi connectivity index (χ1n) is 10.2. The lowest BCUT2D eigenvalue weighted by atomic mass is 9.86. The van der Waals surface area contributed by atoms with Crippen LogP contribution in [-0.4, -0.2) is 48.7 Å². The average molecular weight is 392 g/mol. The molecule has 1 aliphatic carbocycles. The molecular formula is C22H33NO5. The second-order valence-corrected chi connectivity index (χ2v) is 7.57. The maximum atomic E-state index is 11.6. The molecule has 0 radical (unpaired) electrons. The van der Waals surface area contributed by atoms with E-state index in [-0.39, 0.29) is 6.10 Å². The van der Waals surface area contributed by atoms with E-state index in [1.165, 1.54) is 13.8 Å². The highest BCUT2D eigenvalue weighted by atomic mass is 16.6. The fourth-order valence-corrected chi connectivity index (χ4v) is 3.75. The van der Waals surface area contributed by atoms with Gasteiger partial charge >= 0.3 is 11.9 Å². The van der Waals surface area contributed by atoms with Crippen molar-refractivity contribution in [3.63, 3.8) is 0 Å². The monoisotopic (exact) mass is 391 g/mol. The van der Waals surface area contributed by atoms with Crippen LogP contribution >= 0.6 is 0 Å². The van der Waals surface area contributed by atoms with Crippen molar-refractivity contribution in [2.45, 2.75) is 72.4 Å². The van der Waals surface area contributed by atoms with Gasteiger partial charge in [0, 0.05) is 32.0 Å². The van der Waals surface area contributed by atoms with Gasteiger partial charge in [-0.3, -0.25) is 14.5 Å². The Labute approximate surface area is 168 Å². The summed E-state index contributed by atoms with van der Waals surface area (Å²) in [6.45, 7) is 11.7. The second kappa shape index (κ2) is 10.6. The number of rotatable bonds is 9. The first-order chi connectivity index (χ1) is 13.3. The van der Waals surface area contributed by atoms with E-state index in [9.17, 15) is 9.59 Å². The summed E-state index contributed by atoms with van der Waals surface area (Å²) in [7, 11) is 0. The van der Waals surface area contributed by atoms with Crippen molar-refractivity contribution >= 4 is 11.9 Å². The molecule has 1 aromatic carbocycles. The van der Waals surface area contributed by atoms with Crippen LogP contribution in [0.25, 0.3) is 0 Å². The van der Waals surface area contributed by atoms with Crippen molar-refractivity contribution in [2.24, 2.45) is 0 Å². The molecule has 0 N–H and O–H groups in total. The van der Waals surface area contributed by atoms with Gasteiger partial charge in [0.05, 0.1) is 12.7 Å². The van der Waals surface area contributed by atoms with Gasteiger partial charge in [-0.15, -0.1) is 0 Å². The van der Waals surface area contributed by atoms with E-state index >= 15 is 0 Å². The Hall–Kier alpha value is -1.92. The van der Waals surface area contributed by atoms with E-state index in [4.69, 9.17) is 14.2 Å². The van der Waals surface area contributed by atoms with Gasteiger partial charge < -0.3 is 14.2 Å². The first-order valence-corrected chi connectivity index (χ1v) is 10.2. The predicted molar refractivity (Wildman–Crippen MR) is 108 cm³/mol. The molecule has 0 aromatic heterocycles. The number of ether oxygens (including phenoxy) is 3. The van der Waals surface area contributed by atoms with E-state index < -0.39 is 11.9 Å². The van der Waals surface area contributed by atoms with Crippen LogP contribution in [0.15, 0.2) is 12.1 Å². The van der Waals surface area contributed by atoms with E-state index in [1.54, 1.807) is 6.07 Å². The molecule has 2 rings (SSSR count).